The lowest BCUT2D eigenvalue weighted by molar-refractivity contribution is 0.391. The van der Waals surface area contributed by atoms with Gasteiger partial charge in [-0.1, -0.05) is 39.3 Å². The summed E-state index contributed by atoms with van der Waals surface area (Å²) < 4.78 is 1.31. The average Bonchev–Trinajstić information content (AvgIpc) is 2.86. The zero-order chi connectivity index (χ0) is 14.4. The Balaban J connectivity index is 2.05. The van der Waals surface area contributed by atoms with Crippen LogP contribution in [0.2, 0.25) is 0 Å². The molecule has 0 aliphatic rings. The lowest BCUT2D eigenvalue weighted by atomic mass is 9.97. The Labute approximate surface area is 126 Å². The van der Waals surface area contributed by atoms with Gasteiger partial charge in [-0.25, -0.2) is 4.98 Å². The molecule has 0 fully saturated rings. The predicted octanol–water partition coefficient (Wildman–Crippen LogP) is 4.64. The number of rotatable bonds is 8. The first-order valence-corrected chi connectivity index (χ1v) is 8.62. The quantitative estimate of drug-likeness (QED) is 0.766. The Morgan fingerprint density at radius 1 is 1.25 bits per heavy atom. The molecule has 0 aliphatic carbocycles. The van der Waals surface area contributed by atoms with Crippen molar-refractivity contribution in [3.8, 4) is 0 Å². The Hall–Kier alpha value is -0.930. The highest BCUT2D eigenvalue weighted by Crippen LogP contribution is 2.24. The molecule has 0 saturated heterocycles. The Kier molecular flexibility index (Phi) is 5.99. The molecule has 1 aromatic carbocycles. The number of nitrogens with zero attached hydrogens (tertiary/aromatic N) is 1. The summed E-state index contributed by atoms with van der Waals surface area (Å²) in [7, 11) is 0. The minimum Gasteiger partial charge on any atom is -0.314 e. The van der Waals surface area contributed by atoms with Gasteiger partial charge in [-0.2, -0.15) is 0 Å². The highest BCUT2D eigenvalue weighted by atomic mass is 32.1. The zero-order valence-corrected chi connectivity index (χ0v) is 13.7. The molecule has 2 rings (SSSR count). The summed E-state index contributed by atoms with van der Waals surface area (Å²) in [6.07, 6.45) is 4.75. The van der Waals surface area contributed by atoms with E-state index in [2.05, 4.69) is 50.4 Å². The monoisotopic (exact) mass is 290 g/mol. The molecular weight excluding hydrogens is 264 g/mol. The molecule has 2 unspecified atom stereocenters. The van der Waals surface area contributed by atoms with Crippen molar-refractivity contribution in [1.29, 1.82) is 0 Å². The fraction of sp³-hybridized carbons (Fsp3) is 0.588. The van der Waals surface area contributed by atoms with Crippen LogP contribution in [0.4, 0.5) is 0 Å². The van der Waals surface area contributed by atoms with Crippen molar-refractivity contribution in [1.82, 2.24) is 10.3 Å². The van der Waals surface area contributed by atoms with E-state index in [9.17, 15) is 0 Å². The van der Waals surface area contributed by atoms with Crippen LogP contribution in [-0.4, -0.2) is 17.6 Å². The largest absolute Gasteiger partial charge is 0.314 e. The molecule has 0 aliphatic heterocycles. The highest BCUT2D eigenvalue weighted by Gasteiger charge is 2.14. The van der Waals surface area contributed by atoms with E-state index in [4.69, 9.17) is 4.98 Å². The topological polar surface area (TPSA) is 24.9 Å². The molecular formula is C17H26N2S. The van der Waals surface area contributed by atoms with Gasteiger partial charge in [-0.3, -0.25) is 0 Å². The molecule has 2 nitrogen and oxygen atoms in total. The maximum absolute atomic E-state index is 4.77. The van der Waals surface area contributed by atoms with E-state index in [0.717, 1.165) is 24.4 Å². The second-order valence-electron chi connectivity index (χ2n) is 5.68. The number of para-hydroxylation sites is 1. The van der Waals surface area contributed by atoms with Crippen molar-refractivity contribution < 1.29 is 0 Å². The summed E-state index contributed by atoms with van der Waals surface area (Å²) >= 11 is 1.84. The molecule has 20 heavy (non-hydrogen) atoms. The number of benzene rings is 1. The van der Waals surface area contributed by atoms with Crippen molar-refractivity contribution >= 4 is 21.6 Å². The van der Waals surface area contributed by atoms with E-state index < -0.39 is 0 Å². The van der Waals surface area contributed by atoms with Crippen LogP contribution in [0.15, 0.2) is 24.3 Å². The maximum Gasteiger partial charge on any atom is 0.0954 e. The van der Waals surface area contributed by atoms with E-state index in [1.807, 2.05) is 11.3 Å². The van der Waals surface area contributed by atoms with Crippen LogP contribution in [0.25, 0.3) is 10.2 Å². The van der Waals surface area contributed by atoms with Gasteiger partial charge in [0.2, 0.25) is 0 Å². The van der Waals surface area contributed by atoms with Crippen LogP contribution < -0.4 is 5.32 Å². The van der Waals surface area contributed by atoms with Gasteiger partial charge < -0.3 is 5.32 Å². The molecule has 0 amide bonds. The van der Waals surface area contributed by atoms with Crippen LogP contribution >= 0.6 is 11.3 Å². The van der Waals surface area contributed by atoms with Crippen molar-refractivity contribution in [2.24, 2.45) is 5.92 Å². The van der Waals surface area contributed by atoms with Gasteiger partial charge in [0, 0.05) is 12.5 Å². The van der Waals surface area contributed by atoms with Crippen LogP contribution in [0, 0.1) is 5.92 Å². The van der Waals surface area contributed by atoms with E-state index in [1.54, 1.807) is 0 Å². The fourth-order valence-electron chi connectivity index (χ4n) is 2.46. The summed E-state index contributed by atoms with van der Waals surface area (Å²) in [4.78, 5) is 4.77. The lowest BCUT2D eigenvalue weighted by Gasteiger charge is -2.20. The summed E-state index contributed by atoms with van der Waals surface area (Å²) in [5.74, 6) is 0.777. The minimum absolute atomic E-state index is 0.561. The standard InChI is InChI=1S/C17H26N2S/c1-4-10-18-14(11-13(3)5-2)12-17-19-15-8-6-7-9-16(15)20-17/h6-9,13-14,18H,4-5,10-12H2,1-3H3. The molecule has 2 atom stereocenters. The Bertz CT molecular complexity index is 487. The average molecular weight is 290 g/mol. The molecule has 110 valence electrons. The van der Waals surface area contributed by atoms with Gasteiger partial charge in [0.05, 0.1) is 15.2 Å². The van der Waals surface area contributed by atoms with E-state index in [1.165, 1.54) is 29.0 Å². The van der Waals surface area contributed by atoms with Gasteiger partial charge >= 0.3 is 0 Å². The first-order valence-electron chi connectivity index (χ1n) is 7.80. The van der Waals surface area contributed by atoms with Crippen LogP contribution in [0.1, 0.15) is 45.0 Å². The van der Waals surface area contributed by atoms with Gasteiger partial charge in [0.25, 0.3) is 0 Å². The second kappa shape index (κ2) is 7.75. The first-order chi connectivity index (χ1) is 9.72. The van der Waals surface area contributed by atoms with Crippen LogP contribution in [0.5, 0.6) is 0 Å². The third-order valence-electron chi connectivity index (χ3n) is 3.83. The highest BCUT2D eigenvalue weighted by molar-refractivity contribution is 7.18. The molecule has 3 heteroatoms. The van der Waals surface area contributed by atoms with Crippen molar-refractivity contribution in [3.05, 3.63) is 29.3 Å². The predicted molar refractivity (Wildman–Crippen MR) is 89.5 cm³/mol. The number of hydrogen-bond donors (Lipinski definition) is 1. The molecule has 0 saturated carbocycles. The summed E-state index contributed by atoms with van der Waals surface area (Å²) in [6, 6.07) is 9.00. The number of hydrogen-bond acceptors (Lipinski definition) is 3. The second-order valence-corrected chi connectivity index (χ2v) is 6.79. The van der Waals surface area contributed by atoms with Gasteiger partial charge in [0.15, 0.2) is 0 Å². The van der Waals surface area contributed by atoms with Crippen LogP contribution in [0.3, 0.4) is 0 Å². The third kappa shape index (κ3) is 4.29. The number of aromatic nitrogens is 1. The summed E-state index contributed by atoms with van der Waals surface area (Å²) in [6.45, 7) is 7.95. The molecule has 0 bridgehead atoms. The van der Waals surface area contributed by atoms with Gasteiger partial charge in [0.1, 0.15) is 0 Å². The number of nitrogens with one attached hydrogen (secondary N) is 1. The molecule has 2 aromatic rings. The summed E-state index contributed by atoms with van der Waals surface area (Å²) in [5.41, 5.74) is 1.14. The fourth-order valence-corrected chi connectivity index (χ4v) is 3.50. The van der Waals surface area contributed by atoms with E-state index >= 15 is 0 Å². The van der Waals surface area contributed by atoms with Crippen molar-refractivity contribution in [2.75, 3.05) is 6.54 Å². The number of thiazole rings is 1. The van der Waals surface area contributed by atoms with Crippen LogP contribution in [-0.2, 0) is 6.42 Å². The van der Waals surface area contributed by atoms with Gasteiger partial charge in [-0.15, -0.1) is 11.3 Å². The lowest BCUT2D eigenvalue weighted by Crippen LogP contribution is -2.33. The smallest absolute Gasteiger partial charge is 0.0954 e. The van der Waals surface area contributed by atoms with Gasteiger partial charge in [-0.05, 0) is 37.4 Å². The normalized spacial score (nSPS) is 14.6. The maximum atomic E-state index is 4.77. The zero-order valence-electron chi connectivity index (χ0n) is 12.9. The molecule has 0 spiro atoms. The Morgan fingerprint density at radius 2 is 2.05 bits per heavy atom. The molecule has 1 heterocycles. The first kappa shape index (κ1) is 15.5. The minimum atomic E-state index is 0.561. The number of fused-ring (bicyclic) bond motifs is 1. The molecule has 1 aromatic heterocycles. The van der Waals surface area contributed by atoms with Crippen molar-refractivity contribution in [2.45, 2.75) is 52.5 Å². The third-order valence-corrected chi connectivity index (χ3v) is 4.88. The van der Waals surface area contributed by atoms with E-state index in [-0.39, 0.29) is 0 Å². The van der Waals surface area contributed by atoms with Crippen molar-refractivity contribution in [3.63, 3.8) is 0 Å². The summed E-state index contributed by atoms with van der Waals surface area (Å²) in [5, 5.41) is 4.96. The SMILES string of the molecule is CCCNC(Cc1nc2ccccc2s1)CC(C)CC. The Morgan fingerprint density at radius 3 is 2.75 bits per heavy atom. The van der Waals surface area contributed by atoms with E-state index in [0.29, 0.717) is 6.04 Å². The molecule has 1 N–H and O–H groups in total. The molecule has 0 radical (unpaired) electrons.